The standard InChI is InChI=1S/C19H26N2O2/c1-22-16-11-14(12-17(13-16)23-2)7-8-15-5-3-4-6-18(15)19-20-9-10-21-19/h3-6,11,16-17H,7-10,12-13H2,1-2H3,(H,20,21). The van der Waals surface area contributed by atoms with Gasteiger partial charge in [-0.25, -0.2) is 0 Å². The lowest BCUT2D eigenvalue weighted by molar-refractivity contribution is 0.0333. The van der Waals surface area contributed by atoms with E-state index in [-0.39, 0.29) is 12.2 Å². The molecule has 1 heterocycles. The average molecular weight is 314 g/mol. The van der Waals surface area contributed by atoms with Crippen LogP contribution in [0.25, 0.3) is 0 Å². The zero-order valence-electron chi connectivity index (χ0n) is 14.0. The van der Waals surface area contributed by atoms with Crippen LogP contribution in [-0.2, 0) is 15.9 Å². The number of aryl methyl sites for hydroxylation is 1. The van der Waals surface area contributed by atoms with Crippen LogP contribution in [-0.4, -0.2) is 45.4 Å². The quantitative estimate of drug-likeness (QED) is 0.821. The second-order valence-corrected chi connectivity index (χ2v) is 6.21. The lowest BCUT2D eigenvalue weighted by atomic mass is 9.90. The Kier molecular flexibility index (Phi) is 5.47. The van der Waals surface area contributed by atoms with Crippen LogP contribution in [0, 0.1) is 0 Å². The Morgan fingerprint density at radius 1 is 1.17 bits per heavy atom. The molecular weight excluding hydrogens is 288 g/mol. The van der Waals surface area contributed by atoms with Crippen molar-refractivity contribution in [3.05, 3.63) is 47.0 Å². The van der Waals surface area contributed by atoms with Crippen molar-refractivity contribution in [3.8, 4) is 0 Å². The highest BCUT2D eigenvalue weighted by molar-refractivity contribution is 6.01. The van der Waals surface area contributed by atoms with Crippen molar-refractivity contribution in [1.82, 2.24) is 5.32 Å². The second kappa shape index (κ2) is 7.75. The number of hydrogen-bond donors (Lipinski definition) is 1. The van der Waals surface area contributed by atoms with Crippen molar-refractivity contribution in [2.45, 2.75) is 37.9 Å². The lowest BCUT2D eigenvalue weighted by Crippen LogP contribution is -2.25. The minimum absolute atomic E-state index is 0.180. The van der Waals surface area contributed by atoms with Gasteiger partial charge >= 0.3 is 0 Å². The molecule has 1 aliphatic heterocycles. The fourth-order valence-electron chi connectivity index (χ4n) is 3.41. The summed E-state index contributed by atoms with van der Waals surface area (Å²) in [5, 5.41) is 3.38. The molecule has 4 nitrogen and oxygen atoms in total. The minimum Gasteiger partial charge on any atom is -0.381 e. The molecule has 1 aromatic rings. The summed E-state index contributed by atoms with van der Waals surface area (Å²) >= 11 is 0. The van der Waals surface area contributed by atoms with E-state index in [0.717, 1.165) is 44.6 Å². The third-order valence-electron chi connectivity index (χ3n) is 4.70. The Hall–Kier alpha value is -1.65. The summed E-state index contributed by atoms with van der Waals surface area (Å²) in [5.74, 6) is 1.04. The first-order valence-corrected chi connectivity index (χ1v) is 8.42. The maximum atomic E-state index is 5.56. The summed E-state index contributed by atoms with van der Waals surface area (Å²) < 4.78 is 11.1. The van der Waals surface area contributed by atoms with E-state index < -0.39 is 0 Å². The van der Waals surface area contributed by atoms with E-state index in [9.17, 15) is 0 Å². The van der Waals surface area contributed by atoms with Crippen molar-refractivity contribution in [3.63, 3.8) is 0 Å². The molecule has 0 bridgehead atoms. The molecular formula is C19H26N2O2. The number of nitrogens with one attached hydrogen (secondary N) is 1. The molecule has 0 spiro atoms. The monoisotopic (exact) mass is 314 g/mol. The maximum absolute atomic E-state index is 5.56. The molecule has 0 saturated heterocycles. The summed E-state index contributed by atoms with van der Waals surface area (Å²) in [7, 11) is 3.57. The molecule has 124 valence electrons. The zero-order valence-corrected chi connectivity index (χ0v) is 14.0. The molecule has 0 saturated carbocycles. The van der Waals surface area contributed by atoms with Gasteiger partial charge in [-0.1, -0.05) is 35.9 Å². The van der Waals surface area contributed by atoms with Gasteiger partial charge in [0.05, 0.1) is 18.8 Å². The lowest BCUT2D eigenvalue weighted by Gasteiger charge is -2.27. The topological polar surface area (TPSA) is 42.8 Å². The fourth-order valence-corrected chi connectivity index (χ4v) is 3.41. The van der Waals surface area contributed by atoms with Crippen LogP contribution in [0.15, 0.2) is 40.9 Å². The number of amidine groups is 1. The summed E-state index contributed by atoms with van der Waals surface area (Å²) in [6.45, 7) is 1.82. The predicted molar refractivity (Wildman–Crippen MR) is 93.1 cm³/mol. The van der Waals surface area contributed by atoms with Gasteiger partial charge in [0, 0.05) is 32.7 Å². The van der Waals surface area contributed by atoms with Crippen LogP contribution in [0.5, 0.6) is 0 Å². The molecule has 1 aromatic carbocycles. The molecule has 1 N–H and O–H groups in total. The zero-order chi connectivity index (χ0) is 16.1. The number of hydrogen-bond acceptors (Lipinski definition) is 4. The highest BCUT2D eigenvalue weighted by Gasteiger charge is 2.22. The van der Waals surface area contributed by atoms with E-state index in [1.807, 2.05) is 0 Å². The molecule has 2 unspecified atom stereocenters. The molecule has 23 heavy (non-hydrogen) atoms. The van der Waals surface area contributed by atoms with Gasteiger partial charge in [0.25, 0.3) is 0 Å². The summed E-state index contributed by atoms with van der Waals surface area (Å²) in [6, 6.07) is 8.57. The fraction of sp³-hybridized carbons (Fsp3) is 0.526. The Balaban J connectivity index is 1.69. The Morgan fingerprint density at radius 2 is 2.04 bits per heavy atom. The number of methoxy groups -OCH3 is 2. The van der Waals surface area contributed by atoms with Gasteiger partial charge in [-0.15, -0.1) is 0 Å². The Morgan fingerprint density at radius 3 is 2.78 bits per heavy atom. The molecule has 0 amide bonds. The predicted octanol–water partition coefficient (Wildman–Crippen LogP) is 2.72. The van der Waals surface area contributed by atoms with Crippen molar-refractivity contribution < 1.29 is 9.47 Å². The maximum Gasteiger partial charge on any atom is 0.128 e. The van der Waals surface area contributed by atoms with Gasteiger partial charge < -0.3 is 14.8 Å². The smallest absolute Gasteiger partial charge is 0.128 e. The van der Waals surface area contributed by atoms with Gasteiger partial charge in [0.2, 0.25) is 0 Å². The van der Waals surface area contributed by atoms with Crippen LogP contribution in [0.3, 0.4) is 0 Å². The highest BCUT2D eigenvalue weighted by Crippen LogP contribution is 2.26. The number of rotatable bonds is 6. The van der Waals surface area contributed by atoms with Crippen LogP contribution in [0.2, 0.25) is 0 Å². The van der Waals surface area contributed by atoms with E-state index in [0.29, 0.717) is 0 Å². The Bertz CT molecular complexity index is 595. The normalized spacial score (nSPS) is 24.1. The van der Waals surface area contributed by atoms with E-state index >= 15 is 0 Å². The number of benzene rings is 1. The molecule has 0 radical (unpaired) electrons. The molecule has 0 aromatic heterocycles. The molecule has 3 rings (SSSR count). The third-order valence-corrected chi connectivity index (χ3v) is 4.70. The van der Waals surface area contributed by atoms with Crippen LogP contribution < -0.4 is 5.32 Å². The highest BCUT2D eigenvalue weighted by atomic mass is 16.5. The summed E-state index contributed by atoms with van der Waals surface area (Å²) in [4.78, 5) is 4.56. The van der Waals surface area contributed by atoms with Gasteiger partial charge in [-0.05, 0) is 24.8 Å². The van der Waals surface area contributed by atoms with Crippen LogP contribution in [0.4, 0.5) is 0 Å². The molecule has 4 heteroatoms. The first-order chi connectivity index (χ1) is 11.3. The minimum atomic E-state index is 0.180. The van der Waals surface area contributed by atoms with Gasteiger partial charge in [0.15, 0.2) is 0 Å². The first-order valence-electron chi connectivity index (χ1n) is 8.42. The van der Waals surface area contributed by atoms with Crippen molar-refractivity contribution in [1.29, 1.82) is 0 Å². The van der Waals surface area contributed by atoms with E-state index in [1.165, 1.54) is 16.7 Å². The molecule has 1 aliphatic carbocycles. The van der Waals surface area contributed by atoms with Crippen molar-refractivity contribution in [2.24, 2.45) is 4.99 Å². The molecule has 2 aliphatic rings. The number of aliphatic imine (C=N–C) groups is 1. The second-order valence-electron chi connectivity index (χ2n) is 6.21. The average Bonchev–Trinajstić information content (AvgIpc) is 3.14. The molecule has 0 fully saturated rings. The van der Waals surface area contributed by atoms with E-state index in [2.05, 4.69) is 40.7 Å². The first kappa shape index (κ1) is 16.2. The SMILES string of the molecule is COC1C=C(CCc2ccccc2C2=NCCN2)CC(OC)C1. The largest absolute Gasteiger partial charge is 0.381 e. The van der Waals surface area contributed by atoms with E-state index in [1.54, 1.807) is 14.2 Å². The van der Waals surface area contributed by atoms with Gasteiger partial charge in [0.1, 0.15) is 5.84 Å². The molecule has 2 atom stereocenters. The Labute approximate surface area is 138 Å². The van der Waals surface area contributed by atoms with E-state index in [4.69, 9.17) is 9.47 Å². The van der Waals surface area contributed by atoms with Gasteiger partial charge in [-0.2, -0.15) is 0 Å². The van der Waals surface area contributed by atoms with Crippen molar-refractivity contribution in [2.75, 3.05) is 27.3 Å². The number of ether oxygens (including phenoxy) is 2. The number of nitrogens with zero attached hydrogens (tertiary/aromatic N) is 1. The summed E-state index contributed by atoms with van der Waals surface area (Å²) in [5.41, 5.74) is 4.04. The van der Waals surface area contributed by atoms with Crippen LogP contribution >= 0.6 is 0 Å². The summed E-state index contributed by atoms with van der Waals surface area (Å²) in [6.07, 6.45) is 6.77. The van der Waals surface area contributed by atoms with Crippen molar-refractivity contribution >= 4 is 5.84 Å². The third kappa shape index (κ3) is 4.01. The van der Waals surface area contributed by atoms with Crippen LogP contribution in [0.1, 0.15) is 30.4 Å². The van der Waals surface area contributed by atoms with Gasteiger partial charge in [-0.3, -0.25) is 4.99 Å².